The van der Waals surface area contributed by atoms with Crippen LogP contribution < -0.4 is 10.7 Å². The lowest BCUT2D eigenvalue weighted by Gasteiger charge is -2.21. The number of rotatable bonds is 1. The third-order valence-electron chi connectivity index (χ3n) is 2.70. The van der Waals surface area contributed by atoms with Crippen LogP contribution in [0.5, 0.6) is 0 Å². The Morgan fingerprint density at radius 2 is 2.00 bits per heavy atom. The molecule has 2 rings (SSSR count). The molecule has 0 spiro atoms. The maximum atomic E-state index is 11.9. The summed E-state index contributed by atoms with van der Waals surface area (Å²) < 4.78 is 1.00. The first-order valence-electron chi connectivity index (χ1n) is 5.83. The van der Waals surface area contributed by atoms with Crippen molar-refractivity contribution in [2.75, 3.05) is 18.4 Å². The molecule has 17 heavy (non-hydrogen) atoms. The van der Waals surface area contributed by atoms with Gasteiger partial charge in [0.05, 0.1) is 0 Å². The first-order valence-corrected chi connectivity index (χ1v) is 6.62. The summed E-state index contributed by atoms with van der Waals surface area (Å²) in [6.07, 6.45) is 3.36. The summed E-state index contributed by atoms with van der Waals surface area (Å²) in [5.41, 5.74) is 3.93. The topological polar surface area (TPSA) is 44.4 Å². The van der Waals surface area contributed by atoms with Gasteiger partial charge in [0, 0.05) is 23.2 Å². The zero-order chi connectivity index (χ0) is 12.1. The number of anilines is 1. The van der Waals surface area contributed by atoms with Crippen molar-refractivity contribution >= 4 is 27.6 Å². The van der Waals surface area contributed by atoms with Crippen molar-refractivity contribution in [3.8, 4) is 0 Å². The van der Waals surface area contributed by atoms with E-state index < -0.39 is 0 Å². The van der Waals surface area contributed by atoms with Gasteiger partial charge < -0.3 is 5.32 Å². The van der Waals surface area contributed by atoms with E-state index in [0.29, 0.717) is 0 Å². The highest BCUT2D eigenvalue weighted by Crippen LogP contribution is 2.14. The van der Waals surface area contributed by atoms with Crippen LogP contribution in [0.2, 0.25) is 0 Å². The number of nitrogens with zero attached hydrogens (tertiary/aromatic N) is 1. The van der Waals surface area contributed by atoms with E-state index in [1.165, 1.54) is 6.42 Å². The molecule has 0 radical (unpaired) electrons. The lowest BCUT2D eigenvalue weighted by molar-refractivity contribution is 0.189. The Morgan fingerprint density at radius 1 is 1.24 bits per heavy atom. The Kier molecular flexibility index (Phi) is 4.39. The standard InChI is InChI=1S/C12H16BrN3O/c13-10-4-6-11(7-5-10)15-12(17)16-9-3-1-2-8-14-16/h4-7,14H,1-3,8-9H2,(H,15,17). The Labute approximate surface area is 109 Å². The normalized spacial score (nSPS) is 16.4. The number of hydrazine groups is 1. The van der Waals surface area contributed by atoms with Crippen molar-refractivity contribution in [3.05, 3.63) is 28.7 Å². The zero-order valence-corrected chi connectivity index (χ0v) is 11.2. The summed E-state index contributed by atoms with van der Waals surface area (Å²) in [6, 6.07) is 7.48. The molecule has 5 heteroatoms. The van der Waals surface area contributed by atoms with Crippen LogP contribution in [0.25, 0.3) is 0 Å². The van der Waals surface area contributed by atoms with Gasteiger partial charge >= 0.3 is 6.03 Å². The SMILES string of the molecule is O=C(Nc1ccc(Br)cc1)N1CCCCCN1. The first-order chi connectivity index (χ1) is 8.25. The maximum Gasteiger partial charge on any atom is 0.336 e. The van der Waals surface area contributed by atoms with Crippen molar-refractivity contribution in [1.29, 1.82) is 0 Å². The average molecular weight is 298 g/mol. The van der Waals surface area contributed by atoms with Crippen molar-refractivity contribution in [3.63, 3.8) is 0 Å². The van der Waals surface area contributed by atoms with Crippen molar-refractivity contribution in [2.24, 2.45) is 0 Å². The molecule has 2 amide bonds. The molecule has 0 aliphatic carbocycles. The van der Waals surface area contributed by atoms with Gasteiger partial charge in [-0.05, 0) is 37.1 Å². The van der Waals surface area contributed by atoms with Crippen LogP contribution in [0.15, 0.2) is 28.7 Å². The van der Waals surface area contributed by atoms with E-state index in [4.69, 9.17) is 0 Å². The lowest BCUT2D eigenvalue weighted by atomic mass is 10.2. The third-order valence-corrected chi connectivity index (χ3v) is 3.23. The summed E-state index contributed by atoms with van der Waals surface area (Å²) in [5.74, 6) is 0. The van der Waals surface area contributed by atoms with Crippen molar-refractivity contribution < 1.29 is 4.79 Å². The van der Waals surface area contributed by atoms with Gasteiger partial charge in [-0.15, -0.1) is 0 Å². The first kappa shape index (κ1) is 12.4. The van der Waals surface area contributed by atoms with Crippen LogP contribution in [0.1, 0.15) is 19.3 Å². The van der Waals surface area contributed by atoms with E-state index in [2.05, 4.69) is 26.7 Å². The molecule has 4 nitrogen and oxygen atoms in total. The highest BCUT2D eigenvalue weighted by molar-refractivity contribution is 9.10. The average Bonchev–Trinajstić information content (AvgIpc) is 2.61. The van der Waals surface area contributed by atoms with Gasteiger partial charge in [0.2, 0.25) is 0 Å². The van der Waals surface area contributed by atoms with Crippen molar-refractivity contribution in [2.45, 2.75) is 19.3 Å². The molecule has 1 aromatic carbocycles. The largest absolute Gasteiger partial charge is 0.336 e. The van der Waals surface area contributed by atoms with Crippen LogP contribution in [-0.4, -0.2) is 24.1 Å². The number of benzene rings is 1. The number of nitrogens with one attached hydrogen (secondary N) is 2. The van der Waals surface area contributed by atoms with E-state index in [1.54, 1.807) is 5.01 Å². The number of hydrogen-bond donors (Lipinski definition) is 2. The molecule has 0 saturated carbocycles. The molecule has 1 aromatic rings. The zero-order valence-electron chi connectivity index (χ0n) is 9.58. The highest BCUT2D eigenvalue weighted by atomic mass is 79.9. The molecule has 2 N–H and O–H groups in total. The Bertz CT molecular complexity index is 372. The molecule has 0 unspecified atom stereocenters. The minimum atomic E-state index is -0.0887. The Hall–Kier alpha value is -1.07. The molecule has 1 saturated heterocycles. The third kappa shape index (κ3) is 3.71. The molecule has 1 aliphatic heterocycles. The predicted octanol–water partition coefficient (Wildman–Crippen LogP) is 2.97. The highest BCUT2D eigenvalue weighted by Gasteiger charge is 2.14. The van der Waals surface area contributed by atoms with Crippen LogP contribution in [0, 0.1) is 0 Å². The molecule has 1 fully saturated rings. The fraction of sp³-hybridized carbons (Fsp3) is 0.417. The number of hydrogen-bond acceptors (Lipinski definition) is 2. The quantitative estimate of drug-likeness (QED) is 0.837. The van der Waals surface area contributed by atoms with E-state index in [-0.39, 0.29) is 6.03 Å². The lowest BCUT2D eigenvalue weighted by Crippen LogP contribution is -2.44. The molecule has 92 valence electrons. The summed E-state index contributed by atoms with van der Waals surface area (Å²) in [4.78, 5) is 11.9. The van der Waals surface area contributed by atoms with Gasteiger partial charge in [-0.25, -0.2) is 10.2 Å². The fourth-order valence-corrected chi connectivity index (χ4v) is 2.03. The molecule has 0 bridgehead atoms. The van der Waals surface area contributed by atoms with Gasteiger partial charge in [0.1, 0.15) is 0 Å². The second kappa shape index (κ2) is 6.02. The monoisotopic (exact) mass is 297 g/mol. The van der Waals surface area contributed by atoms with Gasteiger partial charge in [-0.1, -0.05) is 22.4 Å². The second-order valence-electron chi connectivity index (χ2n) is 4.06. The minimum absolute atomic E-state index is 0.0887. The smallest absolute Gasteiger partial charge is 0.307 e. The molecule has 0 atom stereocenters. The van der Waals surface area contributed by atoms with Crippen LogP contribution in [-0.2, 0) is 0 Å². The number of halogens is 1. The van der Waals surface area contributed by atoms with E-state index in [9.17, 15) is 4.79 Å². The summed E-state index contributed by atoms with van der Waals surface area (Å²) in [6.45, 7) is 1.64. The number of carbonyl (C=O) groups excluding carboxylic acids is 1. The number of amides is 2. The number of carbonyl (C=O) groups is 1. The Balaban J connectivity index is 1.93. The van der Waals surface area contributed by atoms with Gasteiger partial charge in [0.25, 0.3) is 0 Å². The minimum Gasteiger partial charge on any atom is -0.307 e. The summed E-state index contributed by atoms with van der Waals surface area (Å²) in [7, 11) is 0. The fourth-order valence-electron chi connectivity index (χ4n) is 1.76. The van der Waals surface area contributed by atoms with Gasteiger partial charge in [0.15, 0.2) is 0 Å². The summed E-state index contributed by atoms with van der Waals surface area (Å²) >= 11 is 3.36. The summed E-state index contributed by atoms with van der Waals surface area (Å²) in [5, 5.41) is 4.53. The molecule has 0 aromatic heterocycles. The van der Waals surface area contributed by atoms with E-state index in [0.717, 1.165) is 36.1 Å². The Morgan fingerprint density at radius 3 is 2.76 bits per heavy atom. The second-order valence-corrected chi connectivity index (χ2v) is 4.97. The van der Waals surface area contributed by atoms with Gasteiger partial charge in [-0.2, -0.15) is 0 Å². The predicted molar refractivity (Wildman–Crippen MR) is 71.7 cm³/mol. The van der Waals surface area contributed by atoms with E-state index in [1.807, 2.05) is 24.3 Å². The number of urea groups is 1. The molecule has 1 heterocycles. The van der Waals surface area contributed by atoms with Crippen LogP contribution in [0.3, 0.4) is 0 Å². The molecular weight excluding hydrogens is 282 g/mol. The van der Waals surface area contributed by atoms with Crippen LogP contribution >= 0.6 is 15.9 Å². The van der Waals surface area contributed by atoms with E-state index >= 15 is 0 Å². The van der Waals surface area contributed by atoms with Gasteiger partial charge in [-0.3, -0.25) is 5.01 Å². The van der Waals surface area contributed by atoms with Crippen LogP contribution in [0.4, 0.5) is 10.5 Å². The molecular formula is C12H16BrN3O. The van der Waals surface area contributed by atoms with Crippen molar-refractivity contribution in [1.82, 2.24) is 10.4 Å². The molecule has 1 aliphatic rings. The maximum absolute atomic E-state index is 11.9.